The molecule has 0 atom stereocenters. The number of aromatic nitrogens is 1. The van der Waals surface area contributed by atoms with Crippen LogP contribution in [0, 0.1) is 0 Å². The van der Waals surface area contributed by atoms with E-state index in [1.54, 1.807) is 11.1 Å². The number of pyridine rings is 1. The number of hydrogen-bond donors (Lipinski definition) is 1. The SMILES string of the molecule is CC(C)(C)OC(=O)N1CCN(c2ccc(NC(=O)CCCOCCc3ccccc3)nc2)CC1. The van der Waals surface area contributed by atoms with Crippen LogP contribution in [0.25, 0.3) is 0 Å². The molecule has 1 aliphatic heterocycles. The molecule has 1 saturated heterocycles. The summed E-state index contributed by atoms with van der Waals surface area (Å²) >= 11 is 0. The van der Waals surface area contributed by atoms with Crippen LogP contribution in [0.15, 0.2) is 48.7 Å². The van der Waals surface area contributed by atoms with Crippen LogP contribution in [0.4, 0.5) is 16.3 Å². The second-order valence-corrected chi connectivity index (χ2v) is 9.36. The number of carbonyl (C=O) groups excluding carboxylic acids is 2. The lowest BCUT2D eigenvalue weighted by Crippen LogP contribution is -2.50. The lowest BCUT2D eigenvalue weighted by molar-refractivity contribution is -0.116. The van der Waals surface area contributed by atoms with E-state index in [1.807, 2.05) is 51.1 Å². The molecule has 0 aliphatic carbocycles. The molecule has 0 radical (unpaired) electrons. The maximum Gasteiger partial charge on any atom is 0.410 e. The molecule has 3 rings (SSSR count). The minimum atomic E-state index is -0.492. The van der Waals surface area contributed by atoms with Crippen molar-refractivity contribution < 1.29 is 19.1 Å². The average molecular weight is 469 g/mol. The van der Waals surface area contributed by atoms with Crippen molar-refractivity contribution in [2.45, 2.75) is 45.6 Å². The van der Waals surface area contributed by atoms with Crippen LogP contribution in [0.3, 0.4) is 0 Å². The Bertz CT molecular complexity index is 905. The van der Waals surface area contributed by atoms with Gasteiger partial charge in [-0.05, 0) is 51.3 Å². The molecule has 2 heterocycles. The van der Waals surface area contributed by atoms with Crippen molar-refractivity contribution in [3.8, 4) is 0 Å². The van der Waals surface area contributed by atoms with Gasteiger partial charge in [0.25, 0.3) is 0 Å². The summed E-state index contributed by atoms with van der Waals surface area (Å²) in [6.45, 7) is 9.43. The molecule has 0 unspecified atom stereocenters. The smallest absolute Gasteiger partial charge is 0.410 e. The Kier molecular flexibility index (Phi) is 9.27. The second-order valence-electron chi connectivity index (χ2n) is 9.36. The van der Waals surface area contributed by atoms with Crippen molar-refractivity contribution in [1.29, 1.82) is 0 Å². The summed E-state index contributed by atoms with van der Waals surface area (Å²) in [6.07, 6.45) is 3.41. The van der Waals surface area contributed by atoms with E-state index in [0.29, 0.717) is 58.1 Å². The van der Waals surface area contributed by atoms with E-state index in [1.165, 1.54) is 5.56 Å². The number of nitrogens with zero attached hydrogens (tertiary/aromatic N) is 3. The molecule has 1 aromatic heterocycles. The Balaban J connectivity index is 1.32. The van der Waals surface area contributed by atoms with Crippen LogP contribution < -0.4 is 10.2 Å². The Hall–Kier alpha value is -3.13. The van der Waals surface area contributed by atoms with Crippen LogP contribution in [-0.4, -0.2) is 66.9 Å². The number of rotatable bonds is 9. The van der Waals surface area contributed by atoms with E-state index < -0.39 is 5.60 Å². The summed E-state index contributed by atoms with van der Waals surface area (Å²) in [4.78, 5) is 32.7. The second kappa shape index (κ2) is 12.4. The molecule has 1 aromatic carbocycles. The maximum absolute atomic E-state index is 12.2. The number of ether oxygens (including phenoxy) is 2. The normalized spacial score (nSPS) is 14.1. The monoisotopic (exact) mass is 468 g/mol. The largest absolute Gasteiger partial charge is 0.444 e. The van der Waals surface area contributed by atoms with E-state index in [2.05, 4.69) is 27.3 Å². The first-order chi connectivity index (χ1) is 16.3. The van der Waals surface area contributed by atoms with Gasteiger partial charge in [-0.3, -0.25) is 4.79 Å². The average Bonchev–Trinajstić information content (AvgIpc) is 2.81. The van der Waals surface area contributed by atoms with Gasteiger partial charge in [0.15, 0.2) is 0 Å². The topological polar surface area (TPSA) is 84.0 Å². The van der Waals surface area contributed by atoms with Gasteiger partial charge in [-0.1, -0.05) is 30.3 Å². The van der Waals surface area contributed by atoms with Crippen molar-refractivity contribution >= 4 is 23.5 Å². The van der Waals surface area contributed by atoms with Crippen molar-refractivity contribution in [1.82, 2.24) is 9.88 Å². The van der Waals surface area contributed by atoms with Crippen molar-refractivity contribution in [2.75, 3.05) is 49.6 Å². The summed E-state index contributed by atoms with van der Waals surface area (Å²) in [7, 11) is 0. The van der Waals surface area contributed by atoms with Crippen LogP contribution >= 0.6 is 0 Å². The van der Waals surface area contributed by atoms with Gasteiger partial charge in [-0.2, -0.15) is 0 Å². The fraction of sp³-hybridized carbons (Fsp3) is 0.500. The van der Waals surface area contributed by atoms with Gasteiger partial charge >= 0.3 is 6.09 Å². The number of nitrogens with one attached hydrogen (secondary N) is 1. The Labute approximate surface area is 202 Å². The fourth-order valence-electron chi connectivity index (χ4n) is 3.60. The quantitative estimate of drug-likeness (QED) is 0.558. The summed E-state index contributed by atoms with van der Waals surface area (Å²) < 4.78 is 11.1. The van der Waals surface area contributed by atoms with E-state index >= 15 is 0 Å². The van der Waals surface area contributed by atoms with Gasteiger partial charge in [-0.15, -0.1) is 0 Å². The first-order valence-electron chi connectivity index (χ1n) is 11.9. The standard InChI is InChI=1S/C26H36N4O4/c1-26(2,3)34-25(32)30-16-14-29(15-17-30)22-11-12-23(27-20-22)28-24(31)10-7-18-33-19-13-21-8-5-4-6-9-21/h4-6,8-9,11-12,20H,7,10,13-19H2,1-3H3,(H,27,28,31). The summed E-state index contributed by atoms with van der Waals surface area (Å²) in [5, 5.41) is 2.84. The highest BCUT2D eigenvalue weighted by atomic mass is 16.6. The number of benzene rings is 1. The lowest BCUT2D eigenvalue weighted by Gasteiger charge is -2.36. The van der Waals surface area contributed by atoms with Crippen molar-refractivity contribution in [3.63, 3.8) is 0 Å². The van der Waals surface area contributed by atoms with Crippen molar-refractivity contribution in [2.24, 2.45) is 0 Å². The Morgan fingerprint density at radius 3 is 2.38 bits per heavy atom. The first kappa shape index (κ1) is 25.5. The zero-order chi connectivity index (χ0) is 24.4. The molecule has 8 heteroatoms. The van der Waals surface area contributed by atoms with Gasteiger partial charge in [0.2, 0.25) is 5.91 Å². The minimum Gasteiger partial charge on any atom is -0.444 e. The third-order valence-electron chi connectivity index (χ3n) is 5.38. The van der Waals surface area contributed by atoms with E-state index in [9.17, 15) is 9.59 Å². The Morgan fingerprint density at radius 2 is 1.74 bits per heavy atom. The number of anilines is 2. The number of hydrogen-bond acceptors (Lipinski definition) is 6. The molecule has 2 amide bonds. The highest BCUT2D eigenvalue weighted by Crippen LogP contribution is 2.19. The minimum absolute atomic E-state index is 0.0714. The summed E-state index contributed by atoms with van der Waals surface area (Å²) in [6, 6.07) is 14.0. The molecular formula is C26H36N4O4. The molecule has 0 spiro atoms. The molecule has 0 saturated carbocycles. The molecule has 0 bridgehead atoms. The molecule has 1 N–H and O–H groups in total. The predicted molar refractivity (Wildman–Crippen MR) is 133 cm³/mol. The summed E-state index contributed by atoms with van der Waals surface area (Å²) in [5.74, 6) is 0.462. The fourth-order valence-corrected chi connectivity index (χ4v) is 3.60. The van der Waals surface area contributed by atoms with Gasteiger partial charge in [0.05, 0.1) is 18.5 Å². The van der Waals surface area contributed by atoms with E-state index in [0.717, 1.165) is 12.1 Å². The highest BCUT2D eigenvalue weighted by molar-refractivity contribution is 5.89. The number of piperazine rings is 1. The van der Waals surface area contributed by atoms with E-state index in [-0.39, 0.29) is 12.0 Å². The highest BCUT2D eigenvalue weighted by Gasteiger charge is 2.26. The van der Waals surface area contributed by atoms with Crippen LogP contribution in [0.2, 0.25) is 0 Å². The Morgan fingerprint density at radius 1 is 1.00 bits per heavy atom. The number of carbonyl (C=O) groups is 2. The molecule has 34 heavy (non-hydrogen) atoms. The molecule has 8 nitrogen and oxygen atoms in total. The van der Waals surface area contributed by atoms with Crippen LogP contribution in [0.1, 0.15) is 39.2 Å². The van der Waals surface area contributed by atoms with Gasteiger partial charge in [0, 0.05) is 39.2 Å². The molecular weight excluding hydrogens is 432 g/mol. The van der Waals surface area contributed by atoms with E-state index in [4.69, 9.17) is 9.47 Å². The van der Waals surface area contributed by atoms with Gasteiger partial charge in [0.1, 0.15) is 11.4 Å². The zero-order valence-electron chi connectivity index (χ0n) is 20.5. The van der Waals surface area contributed by atoms with Crippen molar-refractivity contribution in [3.05, 3.63) is 54.2 Å². The molecule has 2 aromatic rings. The van der Waals surface area contributed by atoms with Crippen LogP contribution in [0.5, 0.6) is 0 Å². The zero-order valence-corrected chi connectivity index (χ0v) is 20.5. The third-order valence-corrected chi connectivity index (χ3v) is 5.38. The maximum atomic E-state index is 12.2. The molecule has 184 valence electrons. The molecule has 1 aliphatic rings. The first-order valence-corrected chi connectivity index (χ1v) is 11.9. The van der Waals surface area contributed by atoms with Gasteiger partial charge in [-0.25, -0.2) is 9.78 Å². The third kappa shape index (κ3) is 8.67. The molecule has 1 fully saturated rings. The van der Waals surface area contributed by atoms with Crippen LogP contribution in [-0.2, 0) is 20.7 Å². The van der Waals surface area contributed by atoms with Gasteiger partial charge < -0.3 is 24.6 Å². The lowest BCUT2D eigenvalue weighted by atomic mass is 10.2. The predicted octanol–water partition coefficient (Wildman–Crippen LogP) is 4.12. The number of amides is 2. The summed E-state index contributed by atoms with van der Waals surface area (Å²) in [5.41, 5.74) is 1.72.